The van der Waals surface area contributed by atoms with Crippen LogP contribution in [0.1, 0.15) is 43.6 Å². The Kier molecular flexibility index (Phi) is 6.26. The molecule has 7 nitrogen and oxygen atoms in total. The standard InChI is InChI=1S/C20H24N2O5S/c1-13(18(23)22-16-9-11-17(12-10-16)28(21,25)26)27-19(24)14-5-7-15(8-6-14)20(2,3)4/h5-13H,1-4H3,(H,22,23)(H2,21,25,26)/t13-/m1/s1. The molecule has 0 aliphatic heterocycles. The van der Waals surface area contributed by atoms with Gasteiger partial charge in [0.1, 0.15) is 0 Å². The van der Waals surface area contributed by atoms with Crippen LogP contribution in [-0.2, 0) is 25.0 Å². The van der Waals surface area contributed by atoms with Crippen molar-refractivity contribution in [2.45, 2.75) is 44.1 Å². The first-order valence-electron chi connectivity index (χ1n) is 8.63. The fraction of sp³-hybridized carbons (Fsp3) is 0.300. The second-order valence-corrected chi connectivity index (χ2v) is 8.99. The number of primary sulfonamides is 1. The van der Waals surface area contributed by atoms with Gasteiger partial charge in [-0.25, -0.2) is 18.4 Å². The van der Waals surface area contributed by atoms with Gasteiger partial charge in [-0.15, -0.1) is 0 Å². The molecule has 0 spiro atoms. The van der Waals surface area contributed by atoms with E-state index in [4.69, 9.17) is 9.88 Å². The fourth-order valence-corrected chi connectivity index (χ4v) is 2.88. The Morgan fingerprint density at radius 2 is 1.54 bits per heavy atom. The van der Waals surface area contributed by atoms with Gasteiger partial charge in [0.2, 0.25) is 10.0 Å². The molecule has 2 aromatic rings. The van der Waals surface area contributed by atoms with Gasteiger partial charge in [0.25, 0.3) is 5.91 Å². The highest BCUT2D eigenvalue weighted by Gasteiger charge is 2.20. The number of rotatable bonds is 5. The molecular weight excluding hydrogens is 380 g/mol. The zero-order chi connectivity index (χ0) is 21.1. The summed E-state index contributed by atoms with van der Waals surface area (Å²) in [7, 11) is -3.81. The van der Waals surface area contributed by atoms with Crippen LogP contribution in [0.2, 0.25) is 0 Å². The van der Waals surface area contributed by atoms with Crippen molar-refractivity contribution >= 4 is 27.6 Å². The summed E-state index contributed by atoms with van der Waals surface area (Å²) in [6.45, 7) is 7.67. The average Bonchev–Trinajstić information content (AvgIpc) is 2.60. The highest BCUT2D eigenvalue weighted by atomic mass is 32.2. The number of esters is 1. The third kappa shape index (κ3) is 5.64. The lowest BCUT2D eigenvalue weighted by molar-refractivity contribution is -0.123. The lowest BCUT2D eigenvalue weighted by atomic mass is 9.87. The molecule has 0 aromatic heterocycles. The van der Waals surface area contributed by atoms with E-state index in [0.717, 1.165) is 5.56 Å². The SMILES string of the molecule is C[C@@H](OC(=O)c1ccc(C(C)(C)C)cc1)C(=O)Nc1ccc(S(N)(=O)=O)cc1. The van der Waals surface area contributed by atoms with Gasteiger partial charge in [-0.3, -0.25) is 4.79 Å². The van der Waals surface area contributed by atoms with E-state index in [0.29, 0.717) is 11.3 Å². The van der Waals surface area contributed by atoms with E-state index in [2.05, 4.69) is 26.1 Å². The van der Waals surface area contributed by atoms with Crippen molar-refractivity contribution in [2.75, 3.05) is 5.32 Å². The zero-order valence-electron chi connectivity index (χ0n) is 16.2. The van der Waals surface area contributed by atoms with Crippen molar-refractivity contribution in [3.8, 4) is 0 Å². The number of hydrogen-bond acceptors (Lipinski definition) is 5. The lowest BCUT2D eigenvalue weighted by Gasteiger charge is -2.19. The molecule has 0 bridgehead atoms. The average molecular weight is 404 g/mol. The first-order valence-corrected chi connectivity index (χ1v) is 10.2. The molecule has 8 heteroatoms. The van der Waals surface area contributed by atoms with E-state index < -0.39 is 28.0 Å². The molecule has 28 heavy (non-hydrogen) atoms. The first kappa shape index (κ1) is 21.6. The summed E-state index contributed by atoms with van der Waals surface area (Å²) in [6.07, 6.45) is -1.03. The maximum Gasteiger partial charge on any atom is 0.338 e. The quantitative estimate of drug-likeness (QED) is 0.744. The Bertz CT molecular complexity index is 959. The van der Waals surface area contributed by atoms with Gasteiger partial charge in [0.15, 0.2) is 6.10 Å². The van der Waals surface area contributed by atoms with Crippen molar-refractivity contribution in [2.24, 2.45) is 5.14 Å². The smallest absolute Gasteiger partial charge is 0.338 e. The first-order chi connectivity index (χ1) is 12.9. The van der Waals surface area contributed by atoms with Gasteiger partial charge in [0, 0.05) is 5.69 Å². The summed E-state index contributed by atoms with van der Waals surface area (Å²) >= 11 is 0. The van der Waals surface area contributed by atoms with Gasteiger partial charge in [0.05, 0.1) is 10.5 Å². The Balaban J connectivity index is 1.99. The number of amides is 1. The van der Waals surface area contributed by atoms with Gasteiger partial charge >= 0.3 is 5.97 Å². The minimum Gasteiger partial charge on any atom is -0.449 e. The summed E-state index contributed by atoms with van der Waals surface area (Å²) < 4.78 is 27.7. The van der Waals surface area contributed by atoms with Crippen LogP contribution in [0.25, 0.3) is 0 Å². The highest BCUT2D eigenvalue weighted by Crippen LogP contribution is 2.22. The minimum atomic E-state index is -3.81. The number of carbonyl (C=O) groups excluding carboxylic acids is 2. The normalized spacial score (nSPS) is 12.9. The molecule has 0 aliphatic rings. The molecule has 0 saturated heterocycles. The van der Waals surface area contributed by atoms with Crippen molar-refractivity contribution in [3.63, 3.8) is 0 Å². The van der Waals surface area contributed by atoms with Crippen LogP contribution in [0.5, 0.6) is 0 Å². The summed E-state index contributed by atoms with van der Waals surface area (Å²) in [4.78, 5) is 24.4. The van der Waals surface area contributed by atoms with E-state index in [9.17, 15) is 18.0 Å². The number of nitrogens with two attached hydrogens (primary N) is 1. The molecule has 3 N–H and O–H groups in total. The number of nitrogens with one attached hydrogen (secondary N) is 1. The monoisotopic (exact) mass is 404 g/mol. The Morgan fingerprint density at radius 3 is 2.00 bits per heavy atom. The number of anilines is 1. The van der Waals surface area contributed by atoms with E-state index in [1.54, 1.807) is 12.1 Å². The lowest BCUT2D eigenvalue weighted by Crippen LogP contribution is -2.30. The largest absolute Gasteiger partial charge is 0.449 e. The molecule has 150 valence electrons. The van der Waals surface area contributed by atoms with E-state index in [-0.39, 0.29) is 10.3 Å². The third-order valence-electron chi connectivity index (χ3n) is 4.09. The van der Waals surface area contributed by atoms with E-state index in [1.807, 2.05) is 12.1 Å². The number of ether oxygens (including phenoxy) is 1. The minimum absolute atomic E-state index is 0.0333. The molecule has 2 aromatic carbocycles. The van der Waals surface area contributed by atoms with Crippen molar-refractivity contribution in [1.82, 2.24) is 0 Å². The zero-order valence-corrected chi connectivity index (χ0v) is 17.0. The molecule has 1 atom stereocenters. The van der Waals surface area contributed by atoms with Crippen LogP contribution in [0, 0.1) is 0 Å². The molecule has 0 aliphatic carbocycles. The van der Waals surface area contributed by atoms with E-state index in [1.165, 1.54) is 31.2 Å². The maximum atomic E-state index is 12.2. The molecule has 0 saturated carbocycles. The molecular formula is C20H24N2O5S. The highest BCUT2D eigenvalue weighted by molar-refractivity contribution is 7.89. The Labute approximate surface area is 164 Å². The number of sulfonamides is 1. The van der Waals surface area contributed by atoms with Gasteiger partial charge in [-0.05, 0) is 54.3 Å². The fourth-order valence-electron chi connectivity index (χ4n) is 2.36. The summed E-state index contributed by atoms with van der Waals surface area (Å²) in [5, 5.41) is 7.58. The second kappa shape index (κ2) is 8.12. The molecule has 0 fully saturated rings. The van der Waals surface area contributed by atoms with Crippen LogP contribution >= 0.6 is 0 Å². The van der Waals surface area contributed by atoms with Crippen LogP contribution in [0.15, 0.2) is 53.4 Å². The van der Waals surface area contributed by atoms with Crippen LogP contribution in [-0.4, -0.2) is 26.4 Å². The maximum absolute atomic E-state index is 12.2. The Hall–Kier alpha value is -2.71. The number of benzene rings is 2. The van der Waals surface area contributed by atoms with Crippen LogP contribution in [0.4, 0.5) is 5.69 Å². The topological polar surface area (TPSA) is 116 Å². The van der Waals surface area contributed by atoms with Crippen molar-refractivity contribution in [3.05, 3.63) is 59.7 Å². The molecule has 0 radical (unpaired) electrons. The van der Waals surface area contributed by atoms with Crippen molar-refractivity contribution in [1.29, 1.82) is 0 Å². The predicted molar refractivity (Wildman–Crippen MR) is 106 cm³/mol. The summed E-state index contributed by atoms with van der Waals surface area (Å²) in [5.74, 6) is -1.14. The second-order valence-electron chi connectivity index (χ2n) is 7.43. The van der Waals surface area contributed by atoms with Gasteiger partial charge < -0.3 is 10.1 Å². The number of carbonyl (C=O) groups is 2. The van der Waals surface area contributed by atoms with Gasteiger partial charge in [-0.1, -0.05) is 32.9 Å². The number of hydrogen-bond donors (Lipinski definition) is 2. The molecule has 1 amide bonds. The Morgan fingerprint density at radius 1 is 1.00 bits per heavy atom. The van der Waals surface area contributed by atoms with Crippen molar-refractivity contribution < 1.29 is 22.7 Å². The summed E-state index contributed by atoms with van der Waals surface area (Å²) in [5.41, 5.74) is 1.76. The third-order valence-corrected chi connectivity index (χ3v) is 5.02. The molecule has 2 rings (SSSR count). The molecule has 0 unspecified atom stereocenters. The summed E-state index contributed by atoms with van der Waals surface area (Å²) in [6, 6.07) is 12.4. The van der Waals surface area contributed by atoms with Gasteiger partial charge in [-0.2, -0.15) is 0 Å². The van der Waals surface area contributed by atoms with Crippen LogP contribution in [0.3, 0.4) is 0 Å². The van der Waals surface area contributed by atoms with Crippen LogP contribution < -0.4 is 10.5 Å². The molecule has 0 heterocycles. The van der Waals surface area contributed by atoms with E-state index >= 15 is 0 Å². The predicted octanol–water partition coefficient (Wildman–Crippen LogP) is 2.82.